The molecule has 3 nitrogen and oxygen atoms in total. The van der Waals surface area contributed by atoms with Gasteiger partial charge in [0.25, 0.3) is 0 Å². The molecule has 3 heteroatoms. The first-order valence-electron chi connectivity index (χ1n) is 7.16. The van der Waals surface area contributed by atoms with Gasteiger partial charge in [0.1, 0.15) is 0 Å². The number of pyridine rings is 1. The van der Waals surface area contributed by atoms with Crippen molar-refractivity contribution >= 4 is 0 Å². The SMILES string of the molecule is CCCN(Cc1ccccn1)C1(CN)CCCC1. The van der Waals surface area contributed by atoms with Crippen molar-refractivity contribution in [2.45, 2.75) is 51.1 Å². The molecule has 2 N–H and O–H groups in total. The lowest BCUT2D eigenvalue weighted by Crippen LogP contribution is -2.51. The van der Waals surface area contributed by atoms with Crippen LogP contribution in [-0.4, -0.2) is 28.5 Å². The summed E-state index contributed by atoms with van der Waals surface area (Å²) in [6.45, 7) is 5.07. The normalized spacial score (nSPS) is 18.4. The molecule has 1 aromatic heterocycles. The van der Waals surface area contributed by atoms with Crippen molar-refractivity contribution in [1.29, 1.82) is 0 Å². The minimum atomic E-state index is 0.230. The Bertz CT molecular complexity index is 344. The molecule has 1 aliphatic carbocycles. The number of aromatic nitrogens is 1. The second-order valence-corrected chi connectivity index (χ2v) is 5.38. The molecule has 2 rings (SSSR count). The molecule has 1 fully saturated rings. The van der Waals surface area contributed by atoms with E-state index in [1.807, 2.05) is 12.3 Å². The van der Waals surface area contributed by atoms with E-state index >= 15 is 0 Å². The molecule has 0 unspecified atom stereocenters. The van der Waals surface area contributed by atoms with E-state index in [1.165, 1.54) is 32.1 Å². The van der Waals surface area contributed by atoms with Gasteiger partial charge in [-0.1, -0.05) is 25.8 Å². The third kappa shape index (κ3) is 2.90. The van der Waals surface area contributed by atoms with Crippen LogP contribution < -0.4 is 5.73 Å². The predicted octanol–water partition coefficient (Wildman–Crippen LogP) is 2.57. The highest BCUT2D eigenvalue weighted by Gasteiger charge is 2.37. The molecule has 1 aliphatic rings. The van der Waals surface area contributed by atoms with Gasteiger partial charge >= 0.3 is 0 Å². The summed E-state index contributed by atoms with van der Waals surface area (Å²) in [4.78, 5) is 7.03. The fraction of sp³-hybridized carbons (Fsp3) is 0.667. The third-order valence-corrected chi connectivity index (χ3v) is 4.16. The van der Waals surface area contributed by atoms with Crippen LogP contribution in [0.1, 0.15) is 44.7 Å². The summed E-state index contributed by atoms with van der Waals surface area (Å²) < 4.78 is 0. The van der Waals surface area contributed by atoms with Crippen LogP contribution in [0.2, 0.25) is 0 Å². The van der Waals surface area contributed by atoms with Gasteiger partial charge in [-0.15, -0.1) is 0 Å². The van der Waals surface area contributed by atoms with E-state index in [1.54, 1.807) is 0 Å². The number of nitrogens with zero attached hydrogens (tertiary/aromatic N) is 2. The molecular formula is C15H25N3. The van der Waals surface area contributed by atoms with E-state index in [4.69, 9.17) is 5.73 Å². The first kappa shape index (κ1) is 13.5. The molecular weight excluding hydrogens is 222 g/mol. The van der Waals surface area contributed by atoms with Crippen molar-refractivity contribution in [1.82, 2.24) is 9.88 Å². The average molecular weight is 247 g/mol. The average Bonchev–Trinajstić information content (AvgIpc) is 2.89. The summed E-state index contributed by atoms with van der Waals surface area (Å²) in [5.74, 6) is 0. The first-order valence-corrected chi connectivity index (χ1v) is 7.16. The van der Waals surface area contributed by atoms with E-state index in [9.17, 15) is 0 Å². The molecule has 1 heterocycles. The van der Waals surface area contributed by atoms with Crippen molar-refractivity contribution < 1.29 is 0 Å². The summed E-state index contributed by atoms with van der Waals surface area (Å²) >= 11 is 0. The smallest absolute Gasteiger partial charge is 0.0544 e. The molecule has 0 amide bonds. The standard InChI is InChI=1S/C15H25N3/c1-2-11-18(12-14-7-3-6-10-17-14)15(13-16)8-4-5-9-15/h3,6-7,10H,2,4-5,8-9,11-13,16H2,1H3. The Labute approximate surface area is 110 Å². The molecule has 1 aromatic rings. The van der Waals surface area contributed by atoms with Crippen LogP contribution in [0, 0.1) is 0 Å². The Morgan fingerprint density at radius 2 is 2.11 bits per heavy atom. The summed E-state index contributed by atoms with van der Waals surface area (Å²) in [6.07, 6.45) is 8.18. The van der Waals surface area contributed by atoms with Crippen molar-refractivity contribution in [3.8, 4) is 0 Å². The lowest BCUT2D eigenvalue weighted by Gasteiger charge is -2.40. The van der Waals surface area contributed by atoms with Crippen LogP contribution in [0.5, 0.6) is 0 Å². The summed E-state index contributed by atoms with van der Waals surface area (Å²) in [6, 6.07) is 6.15. The number of nitrogens with two attached hydrogens (primary N) is 1. The Balaban J connectivity index is 2.12. The Morgan fingerprint density at radius 1 is 1.33 bits per heavy atom. The van der Waals surface area contributed by atoms with E-state index < -0.39 is 0 Å². The fourth-order valence-corrected chi connectivity index (χ4v) is 3.12. The molecule has 0 atom stereocenters. The van der Waals surface area contributed by atoms with Gasteiger partial charge in [-0.2, -0.15) is 0 Å². The van der Waals surface area contributed by atoms with Gasteiger partial charge in [0.15, 0.2) is 0 Å². The van der Waals surface area contributed by atoms with E-state index in [2.05, 4.69) is 28.9 Å². The van der Waals surface area contributed by atoms with Crippen LogP contribution >= 0.6 is 0 Å². The highest BCUT2D eigenvalue weighted by atomic mass is 15.2. The minimum Gasteiger partial charge on any atom is -0.329 e. The van der Waals surface area contributed by atoms with Gasteiger partial charge in [-0.25, -0.2) is 0 Å². The fourth-order valence-electron chi connectivity index (χ4n) is 3.12. The van der Waals surface area contributed by atoms with Gasteiger partial charge in [0.05, 0.1) is 5.69 Å². The summed E-state index contributed by atoms with van der Waals surface area (Å²) in [5, 5.41) is 0. The molecule has 0 radical (unpaired) electrons. The van der Waals surface area contributed by atoms with Crippen LogP contribution in [0.4, 0.5) is 0 Å². The zero-order chi connectivity index (χ0) is 12.8. The minimum absolute atomic E-state index is 0.230. The molecule has 0 bridgehead atoms. The van der Waals surface area contributed by atoms with Crippen molar-refractivity contribution in [2.24, 2.45) is 5.73 Å². The number of hydrogen-bond donors (Lipinski definition) is 1. The summed E-state index contributed by atoms with van der Waals surface area (Å²) in [7, 11) is 0. The monoisotopic (exact) mass is 247 g/mol. The maximum atomic E-state index is 6.09. The number of hydrogen-bond acceptors (Lipinski definition) is 3. The van der Waals surface area contributed by atoms with Crippen molar-refractivity contribution in [2.75, 3.05) is 13.1 Å². The Morgan fingerprint density at radius 3 is 2.67 bits per heavy atom. The van der Waals surface area contributed by atoms with E-state index in [0.29, 0.717) is 0 Å². The van der Waals surface area contributed by atoms with Gasteiger partial charge in [-0.3, -0.25) is 9.88 Å². The molecule has 100 valence electrons. The molecule has 0 aliphatic heterocycles. The molecule has 1 saturated carbocycles. The topological polar surface area (TPSA) is 42.2 Å². The molecule has 0 saturated heterocycles. The second-order valence-electron chi connectivity index (χ2n) is 5.38. The quantitative estimate of drug-likeness (QED) is 0.840. The van der Waals surface area contributed by atoms with Gasteiger partial charge in [-0.05, 0) is 37.9 Å². The maximum Gasteiger partial charge on any atom is 0.0544 e. The van der Waals surface area contributed by atoms with Crippen molar-refractivity contribution in [3.05, 3.63) is 30.1 Å². The highest BCUT2D eigenvalue weighted by molar-refractivity contribution is 5.06. The molecule has 0 aromatic carbocycles. The highest BCUT2D eigenvalue weighted by Crippen LogP contribution is 2.35. The lowest BCUT2D eigenvalue weighted by molar-refractivity contribution is 0.0890. The second kappa shape index (κ2) is 6.30. The maximum absolute atomic E-state index is 6.09. The van der Waals surface area contributed by atoms with Crippen LogP contribution in [0.3, 0.4) is 0 Å². The summed E-state index contributed by atoms with van der Waals surface area (Å²) in [5.41, 5.74) is 7.48. The van der Waals surface area contributed by atoms with Gasteiger partial charge < -0.3 is 5.73 Å². The molecule has 18 heavy (non-hydrogen) atoms. The zero-order valence-corrected chi connectivity index (χ0v) is 11.4. The van der Waals surface area contributed by atoms with Gasteiger partial charge in [0.2, 0.25) is 0 Å². The lowest BCUT2D eigenvalue weighted by atomic mass is 9.94. The third-order valence-electron chi connectivity index (χ3n) is 4.16. The Kier molecular flexibility index (Phi) is 4.72. The number of rotatable bonds is 6. The van der Waals surface area contributed by atoms with Crippen LogP contribution in [0.25, 0.3) is 0 Å². The predicted molar refractivity (Wildman–Crippen MR) is 75.2 cm³/mol. The zero-order valence-electron chi connectivity index (χ0n) is 11.4. The van der Waals surface area contributed by atoms with Crippen LogP contribution in [-0.2, 0) is 6.54 Å². The molecule has 0 spiro atoms. The van der Waals surface area contributed by atoms with E-state index in [0.717, 1.165) is 25.3 Å². The van der Waals surface area contributed by atoms with Crippen LogP contribution in [0.15, 0.2) is 24.4 Å². The van der Waals surface area contributed by atoms with E-state index in [-0.39, 0.29) is 5.54 Å². The Hall–Kier alpha value is -0.930. The van der Waals surface area contributed by atoms with Gasteiger partial charge in [0, 0.05) is 24.8 Å². The first-order chi connectivity index (χ1) is 8.80. The van der Waals surface area contributed by atoms with Crippen molar-refractivity contribution in [3.63, 3.8) is 0 Å². The largest absolute Gasteiger partial charge is 0.329 e.